The third-order valence-corrected chi connectivity index (χ3v) is 6.46. The normalized spacial score (nSPS) is 14.2. The van der Waals surface area contributed by atoms with Crippen molar-refractivity contribution in [2.75, 3.05) is 7.11 Å². The number of fused-ring (bicyclic) bond motifs is 1. The SMILES string of the molecule is COc1ccccc1C(NC(=O)c1nc(-c2ccccc2)n2c1CCCCC2)c1nccn1C. The number of nitrogens with one attached hydrogen (secondary N) is 1. The van der Waals surface area contributed by atoms with Gasteiger partial charge in [-0.2, -0.15) is 0 Å². The highest BCUT2D eigenvalue weighted by atomic mass is 16.5. The van der Waals surface area contributed by atoms with Crippen LogP contribution >= 0.6 is 0 Å². The maximum Gasteiger partial charge on any atom is 0.272 e. The van der Waals surface area contributed by atoms with Gasteiger partial charge < -0.3 is 19.2 Å². The van der Waals surface area contributed by atoms with E-state index >= 15 is 0 Å². The third kappa shape index (κ3) is 4.09. The number of rotatable bonds is 6. The summed E-state index contributed by atoms with van der Waals surface area (Å²) in [6.07, 6.45) is 7.73. The van der Waals surface area contributed by atoms with Crippen LogP contribution < -0.4 is 10.1 Å². The van der Waals surface area contributed by atoms with Crippen LogP contribution in [0.25, 0.3) is 11.4 Å². The Hall–Kier alpha value is -3.87. The molecule has 0 aliphatic carbocycles. The fourth-order valence-corrected chi connectivity index (χ4v) is 4.75. The minimum atomic E-state index is -0.480. The summed E-state index contributed by atoms with van der Waals surface area (Å²) in [4.78, 5) is 23.2. The average molecular weight is 456 g/mol. The lowest BCUT2D eigenvalue weighted by Gasteiger charge is -2.21. The van der Waals surface area contributed by atoms with E-state index in [4.69, 9.17) is 9.72 Å². The van der Waals surface area contributed by atoms with Gasteiger partial charge >= 0.3 is 0 Å². The highest BCUT2D eigenvalue weighted by Crippen LogP contribution is 2.31. The van der Waals surface area contributed by atoms with Gasteiger partial charge in [0.1, 0.15) is 29.1 Å². The Balaban J connectivity index is 1.57. The molecule has 4 aromatic rings. The van der Waals surface area contributed by atoms with Crippen LogP contribution in [0.15, 0.2) is 67.0 Å². The first kappa shape index (κ1) is 21.9. The quantitative estimate of drug-likeness (QED) is 0.463. The van der Waals surface area contributed by atoms with Gasteiger partial charge in [0.2, 0.25) is 0 Å². The molecule has 1 aliphatic rings. The summed E-state index contributed by atoms with van der Waals surface area (Å²) in [5.41, 5.74) is 3.37. The number of nitrogens with zero attached hydrogens (tertiary/aromatic N) is 4. The summed E-state index contributed by atoms with van der Waals surface area (Å²) in [6.45, 7) is 0.870. The zero-order valence-corrected chi connectivity index (χ0v) is 19.6. The lowest BCUT2D eigenvalue weighted by Crippen LogP contribution is -2.32. The van der Waals surface area contributed by atoms with E-state index in [9.17, 15) is 4.79 Å². The van der Waals surface area contributed by atoms with Gasteiger partial charge in [-0.25, -0.2) is 9.97 Å². The molecule has 0 saturated heterocycles. The summed E-state index contributed by atoms with van der Waals surface area (Å²) < 4.78 is 9.76. The van der Waals surface area contributed by atoms with Gasteiger partial charge in [-0.05, 0) is 25.3 Å². The molecule has 0 radical (unpaired) electrons. The lowest BCUT2D eigenvalue weighted by molar-refractivity contribution is 0.0935. The van der Waals surface area contributed by atoms with Crippen molar-refractivity contribution in [3.05, 3.63) is 89.8 Å². The lowest BCUT2D eigenvalue weighted by atomic mass is 10.0. The van der Waals surface area contributed by atoms with Crippen LogP contribution in [0.2, 0.25) is 0 Å². The summed E-state index contributed by atoms with van der Waals surface area (Å²) >= 11 is 0. The van der Waals surface area contributed by atoms with Crippen molar-refractivity contribution in [3.8, 4) is 17.1 Å². The third-order valence-electron chi connectivity index (χ3n) is 6.46. The molecule has 1 N–H and O–H groups in total. The van der Waals surface area contributed by atoms with Crippen LogP contribution in [0.3, 0.4) is 0 Å². The predicted octanol–water partition coefficient (Wildman–Crippen LogP) is 4.54. The van der Waals surface area contributed by atoms with Gasteiger partial charge in [-0.1, -0.05) is 55.0 Å². The number of hydrogen-bond acceptors (Lipinski definition) is 4. The van der Waals surface area contributed by atoms with Crippen molar-refractivity contribution in [1.29, 1.82) is 0 Å². The Morgan fingerprint density at radius 3 is 2.62 bits per heavy atom. The second kappa shape index (κ2) is 9.55. The second-order valence-electron chi connectivity index (χ2n) is 8.60. The summed E-state index contributed by atoms with van der Waals surface area (Å²) in [5.74, 6) is 2.08. The first-order valence-corrected chi connectivity index (χ1v) is 11.7. The van der Waals surface area contributed by atoms with Gasteiger partial charge in [0.25, 0.3) is 5.91 Å². The van der Waals surface area contributed by atoms with Crippen molar-refractivity contribution in [3.63, 3.8) is 0 Å². The number of amides is 1. The summed E-state index contributed by atoms with van der Waals surface area (Å²) in [5, 5.41) is 3.22. The van der Waals surface area contributed by atoms with Crippen LogP contribution in [-0.2, 0) is 20.0 Å². The number of benzene rings is 2. The van der Waals surface area contributed by atoms with E-state index in [2.05, 4.69) is 14.9 Å². The number of aryl methyl sites for hydroxylation is 1. The highest BCUT2D eigenvalue weighted by molar-refractivity contribution is 5.95. The van der Waals surface area contributed by atoms with Crippen LogP contribution in [0, 0.1) is 0 Å². The molecule has 1 atom stereocenters. The molecule has 7 heteroatoms. The van der Waals surface area contributed by atoms with Crippen LogP contribution in [-0.4, -0.2) is 32.1 Å². The number of carbonyl (C=O) groups excluding carboxylic acids is 1. The Labute approximate surface area is 199 Å². The van der Waals surface area contributed by atoms with Crippen LogP contribution in [0.5, 0.6) is 5.75 Å². The van der Waals surface area contributed by atoms with Crippen molar-refractivity contribution in [2.45, 2.75) is 38.3 Å². The van der Waals surface area contributed by atoms with Gasteiger partial charge in [0, 0.05) is 37.1 Å². The second-order valence-corrected chi connectivity index (χ2v) is 8.60. The Morgan fingerprint density at radius 1 is 1.06 bits per heavy atom. The van der Waals surface area contributed by atoms with E-state index in [1.807, 2.05) is 72.4 Å². The first-order valence-electron chi connectivity index (χ1n) is 11.7. The number of para-hydroxylation sites is 1. The Kier molecular flexibility index (Phi) is 6.16. The fraction of sp³-hybridized carbons (Fsp3) is 0.296. The fourth-order valence-electron chi connectivity index (χ4n) is 4.75. The molecule has 1 amide bonds. The van der Waals surface area contributed by atoms with Gasteiger partial charge in [0.15, 0.2) is 0 Å². The van der Waals surface area contributed by atoms with E-state index < -0.39 is 6.04 Å². The van der Waals surface area contributed by atoms with Gasteiger partial charge in [-0.3, -0.25) is 4.79 Å². The van der Waals surface area contributed by atoms with E-state index in [1.165, 1.54) is 0 Å². The summed E-state index contributed by atoms with van der Waals surface area (Å²) in [7, 11) is 3.56. The molecule has 34 heavy (non-hydrogen) atoms. The maximum absolute atomic E-state index is 13.8. The minimum absolute atomic E-state index is 0.202. The number of aromatic nitrogens is 4. The molecule has 0 fully saturated rings. The average Bonchev–Trinajstić information content (AvgIpc) is 3.38. The first-order chi connectivity index (χ1) is 16.7. The molecule has 3 heterocycles. The van der Waals surface area contributed by atoms with Crippen LogP contribution in [0.1, 0.15) is 52.9 Å². The standard InChI is InChI=1S/C27H29N5O2/c1-31-18-16-28-26(31)23(20-13-8-9-15-22(20)34-2)30-27(33)24-21-14-7-4-10-17-32(21)25(29-24)19-11-5-3-6-12-19/h3,5-6,8-9,11-13,15-16,18,23H,4,7,10,14,17H2,1-2H3,(H,30,33). The number of carbonyl (C=O) groups is 1. The monoisotopic (exact) mass is 455 g/mol. The minimum Gasteiger partial charge on any atom is -0.496 e. The molecule has 0 bridgehead atoms. The smallest absolute Gasteiger partial charge is 0.272 e. The molecule has 7 nitrogen and oxygen atoms in total. The molecule has 0 saturated carbocycles. The van der Waals surface area contributed by atoms with E-state index in [0.29, 0.717) is 11.4 Å². The molecule has 2 aromatic heterocycles. The summed E-state index contributed by atoms with van der Waals surface area (Å²) in [6, 6.07) is 17.3. The van der Waals surface area contributed by atoms with Crippen molar-refractivity contribution in [1.82, 2.24) is 24.4 Å². The topological polar surface area (TPSA) is 74.0 Å². The van der Waals surface area contributed by atoms with Crippen molar-refractivity contribution in [2.24, 2.45) is 7.05 Å². The number of ether oxygens (including phenoxy) is 1. The van der Waals surface area contributed by atoms with Gasteiger partial charge in [0.05, 0.1) is 12.8 Å². The molecule has 0 spiro atoms. The zero-order valence-electron chi connectivity index (χ0n) is 19.6. The zero-order chi connectivity index (χ0) is 23.5. The molecule has 2 aromatic carbocycles. The van der Waals surface area contributed by atoms with Crippen LogP contribution in [0.4, 0.5) is 0 Å². The Bertz CT molecular complexity index is 1290. The van der Waals surface area contributed by atoms with E-state index in [1.54, 1.807) is 13.3 Å². The van der Waals surface area contributed by atoms with Gasteiger partial charge in [-0.15, -0.1) is 0 Å². The largest absolute Gasteiger partial charge is 0.496 e. The van der Waals surface area contributed by atoms with E-state index in [0.717, 1.165) is 60.7 Å². The maximum atomic E-state index is 13.8. The number of imidazole rings is 2. The molecular weight excluding hydrogens is 426 g/mol. The molecule has 174 valence electrons. The predicted molar refractivity (Wildman–Crippen MR) is 131 cm³/mol. The van der Waals surface area contributed by atoms with E-state index in [-0.39, 0.29) is 5.91 Å². The molecule has 1 aliphatic heterocycles. The highest BCUT2D eigenvalue weighted by Gasteiger charge is 2.29. The van der Waals surface area contributed by atoms with Crippen molar-refractivity contribution < 1.29 is 9.53 Å². The molecular formula is C27H29N5O2. The molecule has 1 unspecified atom stereocenters. The number of methoxy groups -OCH3 is 1. The number of hydrogen-bond donors (Lipinski definition) is 1. The molecule has 5 rings (SSSR count). The Morgan fingerprint density at radius 2 is 1.85 bits per heavy atom. The van der Waals surface area contributed by atoms with Crippen molar-refractivity contribution >= 4 is 5.91 Å².